The van der Waals surface area contributed by atoms with Gasteiger partial charge in [0, 0.05) is 12.5 Å². The van der Waals surface area contributed by atoms with Gasteiger partial charge in [-0.2, -0.15) is 0 Å². The lowest BCUT2D eigenvalue weighted by molar-refractivity contribution is -0.139. The molecule has 3 nitrogen and oxygen atoms in total. The number of nitrogens with zero attached hydrogens (tertiary/aromatic N) is 1. The van der Waals surface area contributed by atoms with Crippen LogP contribution in [0.3, 0.4) is 0 Å². The van der Waals surface area contributed by atoms with Gasteiger partial charge in [0.05, 0.1) is 5.92 Å². The van der Waals surface area contributed by atoms with Crippen molar-refractivity contribution in [2.45, 2.75) is 26.2 Å². The summed E-state index contributed by atoms with van der Waals surface area (Å²) in [5.41, 5.74) is 1.13. The minimum Gasteiger partial charge on any atom is -0.278 e. The molecule has 20 heavy (non-hydrogen) atoms. The molecule has 0 radical (unpaired) electrons. The summed E-state index contributed by atoms with van der Waals surface area (Å²) in [5.74, 6) is -0.549. The van der Waals surface area contributed by atoms with Crippen LogP contribution in [-0.2, 0) is 9.59 Å². The Bertz CT molecular complexity index is 509. The van der Waals surface area contributed by atoms with E-state index in [1.165, 1.54) is 4.90 Å². The number of carbonyl (C=O) groups excluding carboxylic acids is 2. The number of carbonyl (C=O) groups is 2. The number of rotatable bonds is 5. The highest BCUT2D eigenvalue weighted by molar-refractivity contribution is 6.05. The van der Waals surface area contributed by atoms with Gasteiger partial charge in [-0.3, -0.25) is 14.5 Å². The van der Waals surface area contributed by atoms with E-state index in [2.05, 4.69) is 13.5 Å². The summed E-state index contributed by atoms with van der Waals surface area (Å²) in [6.45, 7) is 7.86. The number of hydrogen-bond acceptors (Lipinski definition) is 2. The van der Waals surface area contributed by atoms with E-state index in [-0.39, 0.29) is 29.6 Å². The summed E-state index contributed by atoms with van der Waals surface area (Å²) in [7, 11) is 0. The Labute approximate surface area is 120 Å². The van der Waals surface area contributed by atoms with E-state index in [4.69, 9.17) is 0 Å². The molecular weight excluding hydrogens is 250 g/mol. The predicted octanol–water partition coefficient (Wildman–Crippen LogP) is 2.99. The van der Waals surface area contributed by atoms with E-state index in [0.29, 0.717) is 6.54 Å². The standard InChI is InChI=1S/C17H21NO2/c1-4-11-18-16(19)12(3)15(17(18)20)14(5-2)13-9-7-6-8-10-13/h4,6-10,12,14-15H,1,5,11H2,2-3H3. The molecule has 1 aromatic carbocycles. The molecule has 0 aliphatic carbocycles. The monoisotopic (exact) mass is 271 g/mol. The highest BCUT2D eigenvalue weighted by atomic mass is 16.2. The highest BCUT2D eigenvalue weighted by Crippen LogP contribution is 2.39. The molecule has 106 valence electrons. The van der Waals surface area contributed by atoms with Crippen LogP contribution < -0.4 is 0 Å². The zero-order chi connectivity index (χ0) is 14.7. The average molecular weight is 271 g/mol. The summed E-state index contributed by atoms with van der Waals surface area (Å²) in [5, 5.41) is 0. The first-order valence-electron chi connectivity index (χ1n) is 7.12. The van der Waals surface area contributed by atoms with Crippen LogP contribution >= 0.6 is 0 Å². The van der Waals surface area contributed by atoms with E-state index in [9.17, 15) is 9.59 Å². The maximum absolute atomic E-state index is 12.5. The Morgan fingerprint density at radius 3 is 2.45 bits per heavy atom. The minimum atomic E-state index is -0.257. The van der Waals surface area contributed by atoms with Gasteiger partial charge in [0.25, 0.3) is 0 Å². The second kappa shape index (κ2) is 6.04. The van der Waals surface area contributed by atoms with Crippen molar-refractivity contribution in [2.75, 3.05) is 6.54 Å². The predicted molar refractivity (Wildman–Crippen MR) is 79.0 cm³/mol. The molecule has 2 amide bonds. The van der Waals surface area contributed by atoms with E-state index >= 15 is 0 Å². The number of hydrogen-bond donors (Lipinski definition) is 0. The minimum absolute atomic E-state index is 0.0573. The first kappa shape index (κ1) is 14.5. The van der Waals surface area contributed by atoms with E-state index in [0.717, 1.165) is 12.0 Å². The van der Waals surface area contributed by atoms with Crippen LogP contribution in [0.15, 0.2) is 43.0 Å². The zero-order valence-electron chi connectivity index (χ0n) is 12.1. The molecule has 0 bridgehead atoms. The SMILES string of the molecule is C=CCN1C(=O)C(C)C(C(CC)c2ccccc2)C1=O. The summed E-state index contributed by atoms with van der Waals surface area (Å²) in [4.78, 5) is 26.1. The normalized spacial score (nSPS) is 24.0. The number of imide groups is 1. The third-order valence-corrected chi connectivity index (χ3v) is 4.16. The fraction of sp³-hybridized carbons (Fsp3) is 0.412. The molecule has 0 N–H and O–H groups in total. The average Bonchev–Trinajstić information content (AvgIpc) is 2.67. The van der Waals surface area contributed by atoms with Crippen molar-refractivity contribution in [3.05, 3.63) is 48.6 Å². The largest absolute Gasteiger partial charge is 0.278 e. The van der Waals surface area contributed by atoms with E-state index in [1.54, 1.807) is 6.08 Å². The summed E-state index contributed by atoms with van der Waals surface area (Å²) < 4.78 is 0. The van der Waals surface area contributed by atoms with Gasteiger partial charge in [-0.15, -0.1) is 6.58 Å². The molecular formula is C17H21NO2. The van der Waals surface area contributed by atoms with Crippen LogP contribution in [0, 0.1) is 11.8 Å². The molecule has 1 saturated heterocycles. The van der Waals surface area contributed by atoms with Crippen molar-refractivity contribution in [3.63, 3.8) is 0 Å². The summed E-state index contributed by atoms with van der Waals surface area (Å²) in [6, 6.07) is 9.99. The van der Waals surface area contributed by atoms with Crippen molar-refractivity contribution in [1.82, 2.24) is 4.90 Å². The zero-order valence-corrected chi connectivity index (χ0v) is 12.1. The van der Waals surface area contributed by atoms with Crippen LogP contribution in [0.25, 0.3) is 0 Å². The number of likely N-dealkylation sites (tertiary alicyclic amines) is 1. The van der Waals surface area contributed by atoms with Gasteiger partial charge < -0.3 is 0 Å². The summed E-state index contributed by atoms with van der Waals surface area (Å²) >= 11 is 0. The van der Waals surface area contributed by atoms with Crippen LogP contribution in [0.4, 0.5) is 0 Å². The lowest BCUT2D eigenvalue weighted by atomic mass is 9.78. The Balaban J connectivity index is 2.33. The molecule has 3 heteroatoms. The molecule has 1 aliphatic rings. The van der Waals surface area contributed by atoms with Crippen molar-refractivity contribution in [1.29, 1.82) is 0 Å². The first-order valence-corrected chi connectivity index (χ1v) is 7.12. The van der Waals surface area contributed by atoms with Crippen LogP contribution in [0.2, 0.25) is 0 Å². The second-order valence-electron chi connectivity index (χ2n) is 5.32. The molecule has 0 saturated carbocycles. The van der Waals surface area contributed by atoms with Crippen molar-refractivity contribution in [3.8, 4) is 0 Å². The van der Waals surface area contributed by atoms with Crippen molar-refractivity contribution >= 4 is 11.8 Å². The maximum atomic E-state index is 12.5. The quantitative estimate of drug-likeness (QED) is 0.610. The van der Waals surface area contributed by atoms with Gasteiger partial charge in [-0.05, 0) is 17.9 Å². The third-order valence-electron chi connectivity index (χ3n) is 4.16. The Hall–Kier alpha value is -1.90. The lowest BCUT2D eigenvalue weighted by Gasteiger charge is -2.23. The fourth-order valence-electron chi connectivity index (χ4n) is 3.13. The third kappa shape index (κ3) is 2.40. The summed E-state index contributed by atoms with van der Waals surface area (Å²) in [6.07, 6.45) is 2.45. The second-order valence-corrected chi connectivity index (χ2v) is 5.32. The fourth-order valence-corrected chi connectivity index (χ4v) is 3.13. The Morgan fingerprint density at radius 1 is 1.25 bits per heavy atom. The molecule has 1 aromatic rings. The van der Waals surface area contributed by atoms with Gasteiger partial charge in [-0.1, -0.05) is 50.3 Å². The number of benzene rings is 1. The molecule has 1 aliphatic heterocycles. The smallest absolute Gasteiger partial charge is 0.233 e. The van der Waals surface area contributed by atoms with Gasteiger partial charge in [0.1, 0.15) is 0 Å². The Kier molecular flexibility index (Phi) is 4.38. The van der Waals surface area contributed by atoms with Crippen LogP contribution in [0.1, 0.15) is 31.7 Å². The van der Waals surface area contributed by atoms with E-state index in [1.807, 2.05) is 37.3 Å². The molecule has 3 atom stereocenters. The van der Waals surface area contributed by atoms with Crippen molar-refractivity contribution in [2.24, 2.45) is 11.8 Å². The van der Waals surface area contributed by atoms with Gasteiger partial charge >= 0.3 is 0 Å². The maximum Gasteiger partial charge on any atom is 0.233 e. The van der Waals surface area contributed by atoms with Crippen LogP contribution in [-0.4, -0.2) is 23.3 Å². The molecule has 0 aromatic heterocycles. The van der Waals surface area contributed by atoms with Gasteiger partial charge in [0.2, 0.25) is 11.8 Å². The van der Waals surface area contributed by atoms with Gasteiger partial charge in [0.15, 0.2) is 0 Å². The van der Waals surface area contributed by atoms with E-state index < -0.39 is 0 Å². The molecule has 1 fully saturated rings. The number of amides is 2. The van der Waals surface area contributed by atoms with Crippen molar-refractivity contribution < 1.29 is 9.59 Å². The molecule has 2 rings (SSSR count). The molecule has 1 heterocycles. The lowest BCUT2D eigenvalue weighted by Crippen LogP contribution is -2.32. The van der Waals surface area contributed by atoms with Gasteiger partial charge in [-0.25, -0.2) is 0 Å². The van der Waals surface area contributed by atoms with Crippen LogP contribution in [0.5, 0.6) is 0 Å². The highest BCUT2D eigenvalue weighted by Gasteiger charge is 2.47. The molecule has 3 unspecified atom stereocenters. The topological polar surface area (TPSA) is 37.4 Å². The molecule has 0 spiro atoms. The first-order chi connectivity index (χ1) is 9.61. The Morgan fingerprint density at radius 2 is 1.90 bits per heavy atom.